The number of hydrogen-bond donors (Lipinski definition) is 0. The summed E-state index contributed by atoms with van der Waals surface area (Å²) in [6.07, 6.45) is 8.68. The van der Waals surface area contributed by atoms with E-state index in [4.69, 9.17) is 6.42 Å². The highest BCUT2D eigenvalue weighted by atomic mass is 16.2. The van der Waals surface area contributed by atoms with E-state index >= 15 is 0 Å². The van der Waals surface area contributed by atoms with Crippen LogP contribution in [0.15, 0.2) is 12.4 Å². The van der Waals surface area contributed by atoms with Crippen molar-refractivity contribution in [3.05, 3.63) is 18.0 Å². The summed E-state index contributed by atoms with van der Waals surface area (Å²) in [4.78, 5) is 12.9. The van der Waals surface area contributed by atoms with Crippen LogP contribution >= 0.6 is 0 Å². The van der Waals surface area contributed by atoms with Gasteiger partial charge in [-0.15, -0.1) is 6.42 Å². The van der Waals surface area contributed by atoms with Crippen molar-refractivity contribution in [2.24, 2.45) is 0 Å². The van der Waals surface area contributed by atoms with Crippen LogP contribution in [0.25, 0.3) is 0 Å². The molecule has 1 rings (SSSR count). The Morgan fingerprint density at radius 1 is 1.69 bits per heavy atom. The summed E-state index contributed by atoms with van der Waals surface area (Å²) in [5.41, 5.74) is 0.934. The normalized spacial score (nSPS) is 8.81. The van der Waals surface area contributed by atoms with E-state index in [1.54, 1.807) is 24.9 Å². The molecule has 0 aliphatic heterocycles. The molecule has 0 aromatic carbocycles. The lowest BCUT2D eigenvalue weighted by atomic mass is 10.3. The van der Waals surface area contributed by atoms with Crippen LogP contribution in [-0.4, -0.2) is 27.6 Å². The van der Waals surface area contributed by atoms with E-state index in [2.05, 4.69) is 22.9 Å². The van der Waals surface area contributed by atoms with Crippen LogP contribution in [0.4, 0.5) is 0 Å². The Bertz CT molecular complexity index is 470. The van der Waals surface area contributed by atoms with Crippen molar-refractivity contribution in [1.29, 1.82) is 0 Å². The summed E-state index contributed by atoms with van der Waals surface area (Å²) in [6.45, 7) is 2.56. The molecular formula is C12H13N3O. The number of carbonyl (C=O) groups excluding carboxylic acids is 1. The molecule has 0 fully saturated rings. The molecular weight excluding hydrogens is 202 g/mol. The Morgan fingerprint density at radius 2 is 2.44 bits per heavy atom. The standard InChI is InChI=1S/C12H13N3O/c1-4-6-12(16)14(3)9-11-8-13-15(10-11)7-5-2/h2,8,10H,7,9H2,1,3H3. The predicted octanol–water partition coefficient (Wildman–Crippen LogP) is 0.498. The molecule has 16 heavy (non-hydrogen) atoms. The fourth-order valence-electron chi connectivity index (χ4n) is 1.22. The highest BCUT2D eigenvalue weighted by Gasteiger charge is 2.07. The molecule has 0 unspecified atom stereocenters. The zero-order valence-electron chi connectivity index (χ0n) is 9.40. The van der Waals surface area contributed by atoms with Gasteiger partial charge in [-0.2, -0.15) is 5.10 Å². The molecule has 0 saturated carbocycles. The molecule has 0 aliphatic carbocycles. The molecule has 0 atom stereocenters. The summed E-state index contributed by atoms with van der Waals surface area (Å²) >= 11 is 0. The maximum absolute atomic E-state index is 11.4. The molecule has 0 aliphatic rings. The maximum Gasteiger partial charge on any atom is 0.298 e. The van der Waals surface area contributed by atoms with Crippen molar-refractivity contribution < 1.29 is 4.79 Å². The van der Waals surface area contributed by atoms with Crippen molar-refractivity contribution in [1.82, 2.24) is 14.7 Å². The van der Waals surface area contributed by atoms with Crippen LogP contribution in [0.5, 0.6) is 0 Å². The lowest BCUT2D eigenvalue weighted by Crippen LogP contribution is -2.24. The summed E-state index contributed by atoms with van der Waals surface area (Å²) < 4.78 is 1.65. The van der Waals surface area contributed by atoms with Crippen molar-refractivity contribution in [3.8, 4) is 24.2 Å². The van der Waals surface area contributed by atoms with Gasteiger partial charge in [-0.25, -0.2) is 0 Å². The van der Waals surface area contributed by atoms with Gasteiger partial charge >= 0.3 is 0 Å². The Hall–Kier alpha value is -2.20. The van der Waals surface area contributed by atoms with Crippen LogP contribution in [0.1, 0.15) is 12.5 Å². The van der Waals surface area contributed by atoms with Gasteiger partial charge in [0.25, 0.3) is 5.91 Å². The van der Waals surface area contributed by atoms with E-state index in [1.807, 2.05) is 6.20 Å². The monoisotopic (exact) mass is 215 g/mol. The van der Waals surface area contributed by atoms with Crippen LogP contribution in [0.3, 0.4) is 0 Å². The molecule has 0 spiro atoms. The van der Waals surface area contributed by atoms with Crippen LogP contribution in [0.2, 0.25) is 0 Å². The number of nitrogens with zero attached hydrogens (tertiary/aromatic N) is 3. The molecule has 1 amide bonds. The number of carbonyl (C=O) groups is 1. The molecule has 82 valence electrons. The third-order valence-corrected chi connectivity index (χ3v) is 1.94. The molecule has 4 heteroatoms. The molecule has 4 nitrogen and oxygen atoms in total. The smallest absolute Gasteiger partial charge is 0.298 e. The quantitative estimate of drug-likeness (QED) is 0.689. The van der Waals surface area contributed by atoms with E-state index in [9.17, 15) is 4.79 Å². The fourth-order valence-corrected chi connectivity index (χ4v) is 1.22. The van der Waals surface area contributed by atoms with Gasteiger partial charge in [0.1, 0.15) is 6.54 Å². The van der Waals surface area contributed by atoms with E-state index in [0.717, 1.165) is 5.56 Å². The fraction of sp³-hybridized carbons (Fsp3) is 0.333. The number of hydrogen-bond acceptors (Lipinski definition) is 2. The number of aromatic nitrogens is 2. The molecule has 1 heterocycles. The first-order valence-corrected chi connectivity index (χ1v) is 4.80. The van der Waals surface area contributed by atoms with Crippen molar-refractivity contribution >= 4 is 5.91 Å². The van der Waals surface area contributed by atoms with Crippen LogP contribution < -0.4 is 0 Å². The minimum absolute atomic E-state index is 0.202. The minimum atomic E-state index is -0.202. The summed E-state index contributed by atoms with van der Waals surface area (Å²) in [5, 5.41) is 4.06. The van der Waals surface area contributed by atoms with Crippen LogP contribution in [0, 0.1) is 24.2 Å². The second-order valence-corrected chi connectivity index (χ2v) is 3.29. The number of terminal acetylenes is 1. The molecule has 0 saturated heterocycles. The Kier molecular flexibility index (Phi) is 4.17. The first-order valence-electron chi connectivity index (χ1n) is 4.80. The second kappa shape index (κ2) is 5.63. The van der Waals surface area contributed by atoms with Gasteiger partial charge in [-0.3, -0.25) is 9.48 Å². The highest BCUT2D eigenvalue weighted by Crippen LogP contribution is 2.01. The third kappa shape index (κ3) is 3.18. The van der Waals surface area contributed by atoms with Crippen LogP contribution in [-0.2, 0) is 17.9 Å². The van der Waals surface area contributed by atoms with Gasteiger partial charge in [0.05, 0.1) is 6.20 Å². The first-order chi connectivity index (χ1) is 7.67. The zero-order chi connectivity index (χ0) is 12.0. The van der Waals surface area contributed by atoms with Gasteiger partial charge in [-0.1, -0.05) is 11.8 Å². The largest absolute Gasteiger partial charge is 0.331 e. The lowest BCUT2D eigenvalue weighted by Gasteiger charge is -2.11. The van der Waals surface area contributed by atoms with Gasteiger partial charge in [-0.05, 0) is 12.8 Å². The van der Waals surface area contributed by atoms with E-state index < -0.39 is 0 Å². The summed E-state index contributed by atoms with van der Waals surface area (Å²) in [5.74, 6) is 7.34. The maximum atomic E-state index is 11.4. The number of amides is 1. The topological polar surface area (TPSA) is 38.1 Å². The van der Waals surface area contributed by atoms with E-state index in [1.165, 1.54) is 4.90 Å². The molecule has 0 bridgehead atoms. The average Bonchev–Trinajstić information content (AvgIpc) is 2.66. The van der Waals surface area contributed by atoms with Gasteiger partial charge in [0.15, 0.2) is 0 Å². The van der Waals surface area contributed by atoms with E-state index in [0.29, 0.717) is 13.1 Å². The third-order valence-electron chi connectivity index (χ3n) is 1.94. The summed E-state index contributed by atoms with van der Waals surface area (Å²) in [6, 6.07) is 0. The highest BCUT2D eigenvalue weighted by molar-refractivity contribution is 5.93. The Balaban J connectivity index is 2.62. The zero-order valence-corrected chi connectivity index (χ0v) is 9.40. The lowest BCUT2D eigenvalue weighted by molar-refractivity contribution is -0.124. The van der Waals surface area contributed by atoms with Crippen molar-refractivity contribution in [2.45, 2.75) is 20.0 Å². The Labute approximate surface area is 95.2 Å². The van der Waals surface area contributed by atoms with Gasteiger partial charge in [0.2, 0.25) is 0 Å². The Morgan fingerprint density at radius 3 is 3.06 bits per heavy atom. The van der Waals surface area contributed by atoms with E-state index in [-0.39, 0.29) is 5.91 Å². The molecule has 1 aromatic rings. The predicted molar refractivity (Wildman–Crippen MR) is 61.0 cm³/mol. The molecule has 0 radical (unpaired) electrons. The van der Waals surface area contributed by atoms with Gasteiger partial charge in [0, 0.05) is 25.4 Å². The second-order valence-electron chi connectivity index (χ2n) is 3.29. The average molecular weight is 215 g/mol. The minimum Gasteiger partial charge on any atom is -0.331 e. The summed E-state index contributed by atoms with van der Waals surface area (Å²) in [7, 11) is 1.70. The SMILES string of the molecule is C#CCn1cc(CN(C)C(=O)C#CC)cn1. The molecule has 1 aromatic heterocycles. The number of rotatable bonds is 3. The van der Waals surface area contributed by atoms with Crippen molar-refractivity contribution in [3.63, 3.8) is 0 Å². The van der Waals surface area contributed by atoms with Gasteiger partial charge < -0.3 is 4.90 Å². The first kappa shape index (κ1) is 11.9. The molecule has 0 N–H and O–H groups in total. The van der Waals surface area contributed by atoms with Crippen molar-refractivity contribution in [2.75, 3.05) is 7.05 Å².